The van der Waals surface area contributed by atoms with Crippen LogP contribution in [-0.4, -0.2) is 39.4 Å². The van der Waals surface area contributed by atoms with Crippen molar-refractivity contribution in [1.82, 2.24) is 19.2 Å². The molecular formula is C24H26N4OS. The summed E-state index contributed by atoms with van der Waals surface area (Å²) in [7, 11) is 2.15. The normalized spacial score (nSPS) is 11.4. The summed E-state index contributed by atoms with van der Waals surface area (Å²) in [5.74, 6) is 1.51. The van der Waals surface area contributed by atoms with Crippen LogP contribution < -0.4 is 4.74 Å². The number of hydrogen-bond acceptors (Lipinski definition) is 6. The van der Waals surface area contributed by atoms with E-state index in [2.05, 4.69) is 65.3 Å². The summed E-state index contributed by atoms with van der Waals surface area (Å²) in [5, 5.41) is 1.63. The highest BCUT2D eigenvalue weighted by molar-refractivity contribution is 7.07. The van der Waals surface area contributed by atoms with Crippen molar-refractivity contribution in [1.29, 1.82) is 0 Å². The van der Waals surface area contributed by atoms with Gasteiger partial charge in [0.05, 0.1) is 5.52 Å². The predicted molar refractivity (Wildman–Crippen MR) is 124 cm³/mol. The topological polar surface area (TPSA) is 51.1 Å². The number of rotatable bonds is 7. The van der Waals surface area contributed by atoms with Crippen LogP contribution in [0.15, 0.2) is 48.7 Å². The highest BCUT2D eigenvalue weighted by Gasteiger charge is 2.12. The lowest BCUT2D eigenvalue weighted by atomic mass is 10.0. The molecule has 2 aromatic carbocycles. The van der Waals surface area contributed by atoms with E-state index in [-0.39, 0.29) is 0 Å². The smallest absolute Gasteiger partial charge is 0.299 e. The first kappa shape index (κ1) is 20.4. The lowest BCUT2D eigenvalue weighted by Gasteiger charge is -2.16. The molecule has 2 heterocycles. The van der Waals surface area contributed by atoms with E-state index in [1.54, 1.807) is 6.20 Å². The maximum absolute atomic E-state index is 6.10. The van der Waals surface area contributed by atoms with Crippen molar-refractivity contribution in [3.63, 3.8) is 0 Å². The van der Waals surface area contributed by atoms with Crippen LogP contribution in [0, 0.1) is 13.8 Å². The molecule has 0 atom stereocenters. The zero-order valence-electron chi connectivity index (χ0n) is 17.8. The van der Waals surface area contributed by atoms with Gasteiger partial charge in [-0.1, -0.05) is 19.1 Å². The lowest BCUT2D eigenvalue weighted by Crippen LogP contribution is -2.20. The van der Waals surface area contributed by atoms with Gasteiger partial charge in [0.15, 0.2) is 5.82 Å². The number of nitrogens with zero attached hydrogens (tertiary/aromatic N) is 4. The molecule has 0 aliphatic rings. The molecule has 0 unspecified atom stereocenters. The second-order valence-electron chi connectivity index (χ2n) is 7.59. The summed E-state index contributed by atoms with van der Waals surface area (Å²) >= 11 is 1.27. The Hall–Kier alpha value is -2.83. The van der Waals surface area contributed by atoms with Gasteiger partial charge in [-0.25, -0.2) is 0 Å². The van der Waals surface area contributed by atoms with Crippen molar-refractivity contribution in [3.05, 3.63) is 65.4 Å². The standard InChI is InChI=1S/C24H26N4OS/c1-5-28(4)12-10-18-13-17(3)22(14-16(18)2)29-24-26-23(27-30-24)20-8-9-21-19(15-20)7-6-11-25-21/h6-9,11,13-15H,5,10,12H2,1-4H3. The molecule has 0 aliphatic carbocycles. The number of ether oxygens (including phenoxy) is 1. The highest BCUT2D eigenvalue weighted by atomic mass is 32.1. The van der Waals surface area contributed by atoms with Crippen LogP contribution in [0.25, 0.3) is 22.3 Å². The van der Waals surface area contributed by atoms with Crippen LogP contribution in [0.4, 0.5) is 0 Å². The molecule has 0 saturated heterocycles. The van der Waals surface area contributed by atoms with Crippen molar-refractivity contribution in [2.45, 2.75) is 27.2 Å². The lowest BCUT2D eigenvalue weighted by molar-refractivity contribution is 0.357. The summed E-state index contributed by atoms with van der Waals surface area (Å²) in [6, 6.07) is 14.4. The van der Waals surface area contributed by atoms with Crippen LogP contribution in [-0.2, 0) is 6.42 Å². The Balaban J connectivity index is 1.52. The zero-order valence-corrected chi connectivity index (χ0v) is 18.7. The first-order valence-corrected chi connectivity index (χ1v) is 11.0. The predicted octanol–water partition coefficient (Wildman–Crippen LogP) is 5.66. The number of hydrogen-bond donors (Lipinski definition) is 0. The van der Waals surface area contributed by atoms with E-state index in [9.17, 15) is 0 Å². The summed E-state index contributed by atoms with van der Waals surface area (Å²) in [6.45, 7) is 8.52. The molecule has 0 fully saturated rings. The quantitative estimate of drug-likeness (QED) is 0.388. The molecule has 0 bridgehead atoms. The molecule has 6 heteroatoms. The fourth-order valence-electron chi connectivity index (χ4n) is 3.38. The fourth-order valence-corrected chi connectivity index (χ4v) is 3.94. The summed E-state index contributed by atoms with van der Waals surface area (Å²) in [6.07, 6.45) is 2.84. The summed E-state index contributed by atoms with van der Waals surface area (Å²) in [5.41, 5.74) is 5.65. The van der Waals surface area contributed by atoms with Crippen molar-refractivity contribution in [2.75, 3.05) is 20.1 Å². The maximum atomic E-state index is 6.10. The Kier molecular flexibility index (Phi) is 6.06. The minimum Gasteiger partial charge on any atom is -0.430 e. The molecule has 0 N–H and O–H groups in total. The fraction of sp³-hybridized carbons (Fsp3) is 0.292. The zero-order chi connectivity index (χ0) is 21.1. The third-order valence-corrected chi connectivity index (χ3v) is 6.00. The first-order valence-electron chi connectivity index (χ1n) is 10.2. The minimum absolute atomic E-state index is 0.553. The largest absolute Gasteiger partial charge is 0.430 e. The van der Waals surface area contributed by atoms with Crippen LogP contribution >= 0.6 is 11.5 Å². The molecule has 2 aromatic heterocycles. The number of pyridine rings is 1. The second-order valence-corrected chi connectivity index (χ2v) is 8.30. The molecule has 0 amide bonds. The molecule has 154 valence electrons. The number of fused-ring (bicyclic) bond motifs is 1. The van der Waals surface area contributed by atoms with Gasteiger partial charge in [0, 0.05) is 35.2 Å². The third kappa shape index (κ3) is 4.50. The van der Waals surface area contributed by atoms with E-state index in [1.807, 2.05) is 24.3 Å². The van der Waals surface area contributed by atoms with E-state index >= 15 is 0 Å². The second kappa shape index (κ2) is 8.90. The molecule has 5 nitrogen and oxygen atoms in total. The van der Waals surface area contributed by atoms with Gasteiger partial charge >= 0.3 is 0 Å². The maximum Gasteiger partial charge on any atom is 0.299 e. The Morgan fingerprint density at radius 2 is 1.93 bits per heavy atom. The highest BCUT2D eigenvalue weighted by Crippen LogP contribution is 2.31. The summed E-state index contributed by atoms with van der Waals surface area (Å²) in [4.78, 5) is 11.3. The van der Waals surface area contributed by atoms with Crippen molar-refractivity contribution in [2.24, 2.45) is 0 Å². The van der Waals surface area contributed by atoms with Gasteiger partial charge in [-0.2, -0.15) is 9.36 Å². The van der Waals surface area contributed by atoms with E-state index in [0.29, 0.717) is 11.0 Å². The number of aryl methyl sites for hydroxylation is 2. The molecule has 0 aliphatic heterocycles. The van der Waals surface area contributed by atoms with Gasteiger partial charge in [-0.05, 0) is 80.9 Å². The molecule has 0 saturated carbocycles. The van der Waals surface area contributed by atoms with Crippen molar-refractivity contribution < 1.29 is 4.74 Å². The molecular weight excluding hydrogens is 392 g/mol. The Bertz CT molecular complexity index is 1170. The average Bonchev–Trinajstić information content (AvgIpc) is 3.23. The van der Waals surface area contributed by atoms with Gasteiger partial charge in [0.2, 0.25) is 0 Å². The molecule has 0 spiro atoms. The van der Waals surface area contributed by atoms with Gasteiger partial charge in [0.1, 0.15) is 5.75 Å². The minimum atomic E-state index is 0.553. The average molecular weight is 419 g/mol. The SMILES string of the molecule is CCN(C)CCc1cc(C)c(Oc2nc(-c3ccc4ncccc4c3)ns2)cc1C. The van der Waals surface area contributed by atoms with Crippen LogP contribution in [0.5, 0.6) is 10.9 Å². The van der Waals surface area contributed by atoms with Gasteiger partial charge in [0.25, 0.3) is 5.19 Å². The van der Waals surface area contributed by atoms with Crippen molar-refractivity contribution in [3.8, 4) is 22.3 Å². The molecule has 4 aromatic rings. The van der Waals surface area contributed by atoms with Crippen LogP contribution in [0.1, 0.15) is 23.6 Å². The molecule has 0 radical (unpaired) electrons. The molecule has 30 heavy (non-hydrogen) atoms. The molecule has 4 rings (SSSR count). The number of aromatic nitrogens is 3. The number of likely N-dealkylation sites (N-methyl/N-ethyl adjacent to an activating group) is 1. The van der Waals surface area contributed by atoms with Gasteiger partial charge in [-0.15, -0.1) is 0 Å². The Morgan fingerprint density at radius 1 is 1.07 bits per heavy atom. The Morgan fingerprint density at radius 3 is 2.77 bits per heavy atom. The third-order valence-electron chi connectivity index (χ3n) is 5.40. The van der Waals surface area contributed by atoms with E-state index in [0.717, 1.165) is 47.3 Å². The van der Waals surface area contributed by atoms with E-state index < -0.39 is 0 Å². The van der Waals surface area contributed by atoms with Crippen LogP contribution in [0.2, 0.25) is 0 Å². The van der Waals surface area contributed by atoms with Crippen LogP contribution in [0.3, 0.4) is 0 Å². The van der Waals surface area contributed by atoms with E-state index in [1.165, 1.54) is 22.7 Å². The number of benzene rings is 2. The van der Waals surface area contributed by atoms with Gasteiger partial charge < -0.3 is 9.64 Å². The monoisotopic (exact) mass is 418 g/mol. The summed E-state index contributed by atoms with van der Waals surface area (Å²) < 4.78 is 10.6. The van der Waals surface area contributed by atoms with E-state index in [4.69, 9.17) is 4.74 Å². The van der Waals surface area contributed by atoms with Gasteiger partial charge in [-0.3, -0.25) is 4.98 Å². The van der Waals surface area contributed by atoms with Crippen molar-refractivity contribution >= 4 is 22.4 Å². The first-order chi connectivity index (χ1) is 14.5. The Labute approximate surface area is 181 Å².